The summed E-state index contributed by atoms with van der Waals surface area (Å²) < 4.78 is 64.7. The van der Waals surface area contributed by atoms with Gasteiger partial charge in [0.2, 0.25) is 24.6 Å². The quantitative estimate of drug-likeness (QED) is 0.399. The first-order chi connectivity index (χ1) is 17.2. The van der Waals surface area contributed by atoms with Gasteiger partial charge in [-0.05, 0) is 25.1 Å². The highest BCUT2D eigenvalue weighted by atomic mass is 19.4. The van der Waals surface area contributed by atoms with Gasteiger partial charge in [-0.3, -0.25) is 5.32 Å². The highest BCUT2D eigenvalue weighted by Crippen LogP contribution is 2.43. The molecule has 1 aliphatic heterocycles. The fourth-order valence-corrected chi connectivity index (χ4v) is 3.58. The molecule has 186 valence electrons. The number of aryl methyl sites for hydroxylation is 1. The van der Waals surface area contributed by atoms with E-state index in [9.17, 15) is 18.0 Å². The lowest BCUT2D eigenvalue weighted by Gasteiger charge is -2.13. The molecule has 0 aliphatic carbocycles. The second-order valence-electron chi connectivity index (χ2n) is 7.42. The van der Waals surface area contributed by atoms with Gasteiger partial charge in [-0.25, -0.2) is 19.7 Å². The molecule has 0 radical (unpaired) electrons. The Morgan fingerprint density at radius 3 is 2.53 bits per heavy atom. The Labute approximate surface area is 200 Å². The van der Waals surface area contributed by atoms with Crippen molar-refractivity contribution < 1.29 is 41.7 Å². The van der Waals surface area contributed by atoms with Gasteiger partial charge in [-0.2, -0.15) is 18.2 Å². The van der Waals surface area contributed by atoms with Crippen LogP contribution < -0.4 is 29.0 Å². The normalized spacial score (nSPS) is 12.6. The molecule has 3 heterocycles. The van der Waals surface area contributed by atoms with Crippen LogP contribution in [0.4, 0.5) is 25.1 Å². The fourth-order valence-electron chi connectivity index (χ4n) is 3.58. The summed E-state index contributed by atoms with van der Waals surface area (Å²) in [7, 11) is 2.98. The third-order valence-corrected chi connectivity index (χ3v) is 5.19. The predicted octanol–water partition coefficient (Wildman–Crippen LogP) is 3.84. The summed E-state index contributed by atoms with van der Waals surface area (Å²) in [6, 6.07) is 6.36. The van der Waals surface area contributed by atoms with E-state index in [2.05, 4.69) is 30.0 Å². The average Bonchev–Trinajstić information content (AvgIpc) is 3.32. The summed E-state index contributed by atoms with van der Waals surface area (Å²) in [4.78, 5) is 28.7. The van der Waals surface area contributed by atoms with E-state index in [1.54, 1.807) is 19.1 Å². The first kappa shape index (κ1) is 23.1. The SMILES string of the molecule is COc1cc(OC)c2nc(Nc3nc(OC(=O)C(F)(F)F)c4c5c(ccc4n3)OCO5)nc(C)c2c1. The van der Waals surface area contributed by atoms with Crippen LogP contribution in [0.25, 0.3) is 21.8 Å². The maximum atomic E-state index is 12.9. The van der Waals surface area contributed by atoms with Crippen LogP contribution in [0.1, 0.15) is 5.69 Å². The molecule has 2 aromatic carbocycles. The molecule has 0 amide bonds. The number of esters is 1. The van der Waals surface area contributed by atoms with E-state index in [4.69, 9.17) is 18.9 Å². The molecule has 0 spiro atoms. The van der Waals surface area contributed by atoms with Gasteiger partial charge in [-0.15, -0.1) is 0 Å². The highest BCUT2D eigenvalue weighted by molar-refractivity contribution is 5.95. The van der Waals surface area contributed by atoms with Crippen LogP contribution in [0.2, 0.25) is 0 Å². The molecule has 11 nitrogen and oxygen atoms in total. The van der Waals surface area contributed by atoms with Crippen LogP contribution in [0.3, 0.4) is 0 Å². The Bertz CT molecular complexity index is 1530. The topological polar surface area (TPSA) is 127 Å². The monoisotopic (exact) mass is 503 g/mol. The van der Waals surface area contributed by atoms with E-state index >= 15 is 0 Å². The summed E-state index contributed by atoms with van der Waals surface area (Å²) in [6.07, 6.45) is -5.25. The number of anilines is 2. The number of fused-ring (bicyclic) bond motifs is 4. The minimum Gasteiger partial charge on any atom is -0.497 e. The van der Waals surface area contributed by atoms with E-state index < -0.39 is 18.0 Å². The van der Waals surface area contributed by atoms with E-state index in [0.717, 1.165) is 0 Å². The molecule has 0 unspecified atom stereocenters. The lowest BCUT2D eigenvalue weighted by Crippen LogP contribution is -2.28. The average molecular weight is 503 g/mol. The van der Waals surface area contributed by atoms with Crippen molar-refractivity contribution in [2.45, 2.75) is 13.1 Å². The number of nitrogens with zero attached hydrogens (tertiary/aromatic N) is 4. The van der Waals surface area contributed by atoms with Crippen LogP contribution in [0.5, 0.6) is 28.9 Å². The van der Waals surface area contributed by atoms with Gasteiger partial charge < -0.3 is 23.7 Å². The maximum absolute atomic E-state index is 12.9. The third kappa shape index (κ3) is 4.06. The number of rotatable bonds is 5. The molecule has 0 atom stereocenters. The first-order valence-electron chi connectivity index (χ1n) is 10.2. The Morgan fingerprint density at radius 1 is 1.03 bits per heavy atom. The summed E-state index contributed by atoms with van der Waals surface area (Å²) in [6.45, 7) is 1.56. The highest BCUT2D eigenvalue weighted by Gasteiger charge is 2.42. The first-order valence-corrected chi connectivity index (χ1v) is 10.2. The van der Waals surface area contributed by atoms with Gasteiger partial charge >= 0.3 is 12.1 Å². The van der Waals surface area contributed by atoms with Gasteiger partial charge in [0, 0.05) is 11.5 Å². The van der Waals surface area contributed by atoms with Crippen LogP contribution in [-0.4, -0.2) is 53.1 Å². The van der Waals surface area contributed by atoms with Crippen LogP contribution >= 0.6 is 0 Å². The van der Waals surface area contributed by atoms with E-state index in [1.807, 2.05) is 0 Å². The summed E-state index contributed by atoms with van der Waals surface area (Å²) in [5.41, 5.74) is 1.12. The molecule has 14 heteroatoms. The zero-order chi connectivity index (χ0) is 25.6. The number of carbonyl (C=O) groups excluding carboxylic acids is 1. The Hall–Kier alpha value is -4.62. The molecule has 0 saturated heterocycles. The van der Waals surface area contributed by atoms with Crippen molar-refractivity contribution in [1.82, 2.24) is 19.9 Å². The fraction of sp³-hybridized carbons (Fsp3) is 0.227. The van der Waals surface area contributed by atoms with Crippen LogP contribution in [-0.2, 0) is 4.79 Å². The molecule has 36 heavy (non-hydrogen) atoms. The molecular weight excluding hydrogens is 487 g/mol. The number of benzene rings is 2. The number of nitrogens with one attached hydrogen (secondary N) is 1. The largest absolute Gasteiger partial charge is 0.497 e. The van der Waals surface area contributed by atoms with Gasteiger partial charge in [0.25, 0.3) is 0 Å². The molecule has 1 N–H and O–H groups in total. The summed E-state index contributed by atoms with van der Waals surface area (Å²) in [5.74, 6) is -2.08. The smallest absolute Gasteiger partial charge is 0.491 e. The number of aromatic nitrogens is 4. The van der Waals surface area contributed by atoms with Gasteiger partial charge in [0.15, 0.2) is 11.5 Å². The van der Waals surface area contributed by atoms with E-state index in [1.165, 1.54) is 26.4 Å². The zero-order valence-electron chi connectivity index (χ0n) is 18.9. The molecule has 1 aliphatic rings. The molecule has 5 rings (SSSR count). The van der Waals surface area contributed by atoms with E-state index in [-0.39, 0.29) is 41.1 Å². The Kier molecular flexibility index (Phi) is 5.50. The molecule has 0 fully saturated rings. The zero-order valence-corrected chi connectivity index (χ0v) is 18.9. The number of methoxy groups -OCH3 is 2. The minimum atomic E-state index is -5.25. The van der Waals surface area contributed by atoms with E-state index in [0.29, 0.717) is 28.1 Å². The van der Waals surface area contributed by atoms with Crippen molar-refractivity contribution in [2.24, 2.45) is 0 Å². The number of hydrogen-bond donors (Lipinski definition) is 1. The molecule has 4 aromatic rings. The van der Waals surface area contributed by atoms with Crippen molar-refractivity contribution in [1.29, 1.82) is 0 Å². The number of ether oxygens (including phenoxy) is 5. The van der Waals surface area contributed by atoms with Crippen molar-refractivity contribution in [3.8, 4) is 28.9 Å². The third-order valence-electron chi connectivity index (χ3n) is 5.19. The van der Waals surface area contributed by atoms with Gasteiger partial charge in [0.05, 0.1) is 25.4 Å². The molecule has 0 saturated carbocycles. The number of carbonyl (C=O) groups is 1. The molecule has 0 bridgehead atoms. The van der Waals surface area contributed by atoms with Crippen LogP contribution in [0.15, 0.2) is 24.3 Å². The number of alkyl halides is 3. The van der Waals surface area contributed by atoms with Crippen molar-refractivity contribution in [2.75, 3.05) is 26.3 Å². The second kappa shape index (κ2) is 8.55. The molecule has 2 aromatic heterocycles. The lowest BCUT2D eigenvalue weighted by atomic mass is 10.1. The Balaban J connectivity index is 1.61. The Morgan fingerprint density at radius 2 is 1.81 bits per heavy atom. The summed E-state index contributed by atoms with van der Waals surface area (Å²) in [5, 5.41) is 3.35. The number of halogens is 3. The van der Waals surface area contributed by atoms with Gasteiger partial charge in [-0.1, -0.05) is 0 Å². The van der Waals surface area contributed by atoms with Crippen molar-refractivity contribution in [3.63, 3.8) is 0 Å². The van der Waals surface area contributed by atoms with Crippen molar-refractivity contribution >= 4 is 39.7 Å². The van der Waals surface area contributed by atoms with Crippen LogP contribution in [0, 0.1) is 6.92 Å². The summed E-state index contributed by atoms with van der Waals surface area (Å²) >= 11 is 0. The second-order valence-corrected chi connectivity index (χ2v) is 7.42. The standard InChI is InChI=1S/C22H16F3N5O6/c1-9-11-6-10(32-2)7-14(33-3)16(11)28-20(26-9)30-21-27-12-4-5-13-17(35-8-34-13)15(12)18(29-21)36-19(31)22(23,24)25/h4-7H,8H2,1-3H3,(H,26,27,28,29,30). The predicted molar refractivity (Wildman–Crippen MR) is 118 cm³/mol. The maximum Gasteiger partial charge on any atom is 0.491 e. The number of hydrogen-bond acceptors (Lipinski definition) is 11. The minimum absolute atomic E-state index is 0.0247. The van der Waals surface area contributed by atoms with Gasteiger partial charge in [0.1, 0.15) is 22.4 Å². The lowest BCUT2D eigenvalue weighted by molar-refractivity contribution is -0.189. The van der Waals surface area contributed by atoms with Crippen molar-refractivity contribution in [3.05, 3.63) is 30.0 Å². The molecular formula is C22H16F3N5O6.